The fraction of sp³-hybridized carbons (Fsp3) is 0.296. The highest BCUT2D eigenvalue weighted by Gasteiger charge is 2.43. The summed E-state index contributed by atoms with van der Waals surface area (Å²) in [5.41, 5.74) is 2.20. The fourth-order valence-corrected chi connectivity index (χ4v) is 6.59. The predicted molar refractivity (Wildman–Crippen MR) is 128 cm³/mol. The Labute approximate surface area is 195 Å². The van der Waals surface area contributed by atoms with Crippen molar-refractivity contribution in [3.63, 3.8) is 0 Å². The molecule has 6 heteroatoms. The summed E-state index contributed by atoms with van der Waals surface area (Å²) in [7, 11) is -3.74. The summed E-state index contributed by atoms with van der Waals surface area (Å²) in [6.45, 7) is 0.186. The highest BCUT2D eigenvalue weighted by molar-refractivity contribution is 7.89. The molecule has 5 rings (SSSR count). The van der Waals surface area contributed by atoms with E-state index in [1.165, 1.54) is 9.87 Å². The van der Waals surface area contributed by atoms with E-state index < -0.39 is 10.0 Å². The molecule has 5 nitrogen and oxygen atoms in total. The molecule has 2 aliphatic rings. The number of sulfonamides is 1. The van der Waals surface area contributed by atoms with Gasteiger partial charge in [0.1, 0.15) is 0 Å². The number of carbonyl (C=O) groups excluding carboxylic acids is 1. The molecular weight excluding hydrogens is 432 g/mol. The van der Waals surface area contributed by atoms with E-state index in [-0.39, 0.29) is 35.3 Å². The van der Waals surface area contributed by atoms with Crippen LogP contribution in [0.1, 0.15) is 42.3 Å². The van der Waals surface area contributed by atoms with Gasteiger partial charge in [-0.05, 0) is 42.5 Å². The number of amides is 1. The third-order valence-corrected chi connectivity index (χ3v) is 8.68. The lowest BCUT2D eigenvalue weighted by molar-refractivity contribution is -0.126. The van der Waals surface area contributed by atoms with Crippen molar-refractivity contribution in [3.05, 3.63) is 102 Å². The van der Waals surface area contributed by atoms with Crippen LogP contribution in [0.2, 0.25) is 0 Å². The Bertz CT molecular complexity index is 1200. The van der Waals surface area contributed by atoms with Crippen molar-refractivity contribution in [1.82, 2.24) is 9.62 Å². The zero-order valence-corrected chi connectivity index (χ0v) is 19.2. The summed E-state index contributed by atoms with van der Waals surface area (Å²) in [6.07, 6.45) is 2.21. The van der Waals surface area contributed by atoms with Crippen molar-refractivity contribution in [3.8, 4) is 0 Å². The van der Waals surface area contributed by atoms with E-state index in [0.29, 0.717) is 18.8 Å². The Morgan fingerprint density at radius 3 is 2.00 bits per heavy atom. The summed E-state index contributed by atoms with van der Waals surface area (Å²) >= 11 is 0. The van der Waals surface area contributed by atoms with Crippen LogP contribution in [0, 0.1) is 5.92 Å². The van der Waals surface area contributed by atoms with Crippen LogP contribution in [-0.4, -0.2) is 31.2 Å². The standard InChI is InChI=1S/C27H28N2O3S/c30-27(28-25-18-24(25)20-10-4-1-5-11-20)22-16-17-26(21-12-6-2-7-13-21)29(19-22)33(31,32)23-14-8-3-9-15-23/h1-15,22,24-26H,16-19H2,(H,28,30)/t22?,24-,25+,26?/m1/s1. The molecule has 0 bridgehead atoms. The highest BCUT2D eigenvalue weighted by atomic mass is 32.2. The average Bonchev–Trinajstić information content (AvgIpc) is 3.64. The molecular formula is C27H28N2O3S. The molecule has 2 fully saturated rings. The van der Waals surface area contributed by atoms with Gasteiger partial charge in [0.05, 0.1) is 16.9 Å². The minimum atomic E-state index is -3.74. The SMILES string of the molecule is O=C(N[C@H]1C[C@@H]1c1ccccc1)C1CCC(c2ccccc2)N(S(=O)(=O)c2ccccc2)C1. The monoisotopic (exact) mass is 460 g/mol. The lowest BCUT2D eigenvalue weighted by Gasteiger charge is -2.38. The van der Waals surface area contributed by atoms with Crippen LogP contribution in [0.4, 0.5) is 0 Å². The molecule has 4 atom stereocenters. The van der Waals surface area contributed by atoms with Crippen LogP contribution < -0.4 is 5.32 Å². The Hall–Kier alpha value is -2.96. The van der Waals surface area contributed by atoms with E-state index in [1.807, 2.05) is 48.5 Å². The van der Waals surface area contributed by atoms with Gasteiger partial charge in [0, 0.05) is 18.5 Å². The normalized spacial score (nSPS) is 25.3. The Morgan fingerprint density at radius 2 is 1.36 bits per heavy atom. The number of nitrogens with one attached hydrogen (secondary N) is 1. The second-order valence-corrected chi connectivity index (χ2v) is 10.8. The van der Waals surface area contributed by atoms with Crippen LogP contribution in [0.3, 0.4) is 0 Å². The third kappa shape index (κ3) is 4.59. The minimum Gasteiger partial charge on any atom is -0.352 e. The Kier molecular flexibility index (Phi) is 6.04. The maximum atomic E-state index is 13.6. The molecule has 2 unspecified atom stereocenters. The topological polar surface area (TPSA) is 66.5 Å². The van der Waals surface area contributed by atoms with Gasteiger partial charge >= 0.3 is 0 Å². The summed E-state index contributed by atoms with van der Waals surface area (Å²) in [5.74, 6) is -0.0568. The van der Waals surface area contributed by atoms with Gasteiger partial charge in [-0.25, -0.2) is 8.42 Å². The number of hydrogen-bond donors (Lipinski definition) is 1. The summed E-state index contributed by atoms with van der Waals surface area (Å²) in [6, 6.07) is 28.3. The van der Waals surface area contributed by atoms with Crippen molar-refractivity contribution < 1.29 is 13.2 Å². The Balaban J connectivity index is 1.35. The molecule has 33 heavy (non-hydrogen) atoms. The number of piperidine rings is 1. The van der Waals surface area contributed by atoms with Crippen LogP contribution in [0.25, 0.3) is 0 Å². The van der Waals surface area contributed by atoms with Crippen molar-refractivity contribution in [2.24, 2.45) is 5.92 Å². The minimum absolute atomic E-state index is 0.0433. The quantitative estimate of drug-likeness (QED) is 0.589. The summed E-state index contributed by atoms with van der Waals surface area (Å²) in [5, 5.41) is 3.18. The molecule has 1 aliphatic heterocycles. The molecule has 0 radical (unpaired) electrons. The molecule has 0 spiro atoms. The van der Waals surface area contributed by atoms with Crippen LogP contribution >= 0.6 is 0 Å². The maximum absolute atomic E-state index is 13.6. The predicted octanol–water partition coefficient (Wildman–Crippen LogP) is 4.50. The third-order valence-electron chi connectivity index (χ3n) is 6.79. The van der Waals surface area contributed by atoms with E-state index in [0.717, 1.165) is 12.0 Å². The number of carbonyl (C=O) groups is 1. The molecule has 3 aromatic carbocycles. The fourth-order valence-electron chi connectivity index (χ4n) is 4.88. The van der Waals surface area contributed by atoms with Gasteiger partial charge < -0.3 is 5.32 Å². The number of nitrogens with zero attached hydrogens (tertiary/aromatic N) is 1. The van der Waals surface area contributed by atoms with Crippen molar-refractivity contribution in [2.45, 2.75) is 42.2 Å². The van der Waals surface area contributed by atoms with Crippen molar-refractivity contribution in [1.29, 1.82) is 0 Å². The zero-order chi connectivity index (χ0) is 22.8. The second-order valence-electron chi connectivity index (χ2n) is 8.96. The smallest absolute Gasteiger partial charge is 0.243 e. The van der Waals surface area contributed by atoms with Crippen molar-refractivity contribution >= 4 is 15.9 Å². The second kappa shape index (κ2) is 9.12. The van der Waals surface area contributed by atoms with Crippen molar-refractivity contribution in [2.75, 3.05) is 6.54 Å². The first-order valence-electron chi connectivity index (χ1n) is 11.5. The molecule has 1 heterocycles. The molecule has 0 aromatic heterocycles. The first kappa shape index (κ1) is 21.9. The average molecular weight is 461 g/mol. The first-order valence-corrected chi connectivity index (χ1v) is 12.9. The van der Waals surface area contributed by atoms with Crippen LogP contribution in [-0.2, 0) is 14.8 Å². The molecule has 1 saturated carbocycles. The van der Waals surface area contributed by atoms with E-state index in [4.69, 9.17) is 0 Å². The van der Waals surface area contributed by atoms with Gasteiger partial charge in [-0.3, -0.25) is 4.79 Å². The van der Waals surface area contributed by atoms with E-state index in [9.17, 15) is 13.2 Å². The lowest BCUT2D eigenvalue weighted by Crippen LogP contribution is -2.47. The summed E-state index contributed by atoms with van der Waals surface area (Å²) in [4.78, 5) is 13.4. The van der Waals surface area contributed by atoms with Crippen LogP contribution in [0.15, 0.2) is 95.9 Å². The molecule has 170 valence electrons. The first-order chi connectivity index (χ1) is 16.0. The van der Waals surface area contributed by atoms with Gasteiger partial charge in [0.25, 0.3) is 0 Å². The zero-order valence-electron chi connectivity index (χ0n) is 18.4. The molecule has 1 saturated heterocycles. The molecule has 1 aliphatic carbocycles. The van der Waals surface area contributed by atoms with Gasteiger partial charge in [-0.15, -0.1) is 0 Å². The molecule has 1 amide bonds. The maximum Gasteiger partial charge on any atom is 0.243 e. The highest BCUT2D eigenvalue weighted by Crippen LogP contribution is 2.42. The van der Waals surface area contributed by atoms with E-state index in [1.54, 1.807) is 30.3 Å². The molecule has 3 aromatic rings. The van der Waals surface area contributed by atoms with E-state index in [2.05, 4.69) is 17.4 Å². The summed E-state index contributed by atoms with van der Waals surface area (Å²) < 4.78 is 28.7. The number of rotatable bonds is 6. The number of hydrogen-bond acceptors (Lipinski definition) is 3. The Morgan fingerprint density at radius 1 is 0.788 bits per heavy atom. The van der Waals surface area contributed by atoms with Gasteiger partial charge in [0.2, 0.25) is 15.9 Å². The van der Waals surface area contributed by atoms with E-state index >= 15 is 0 Å². The largest absolute Gasteiger partial charge is 0.352 e. The van der Waals surface area contributed by atoms with Gasteiger partial charge in [0.15, 0.2) is 0 Å². The number of benzene rings is 3. The van der Waals surface area contributed by atoms with Gasteiger partial charge in [-0.1, -0.05) is 78.9 Å². The lowest BCUT2D eigenvalue weighted by atomic mass is 9.90. The van der Waals surface area contributed by atoms with Crippen LogP contribution in [0.5, 0.6) is 0 Å². The van der Waals surface area contributed by atoms with Gasteiger partial charge in [-0.2, -0.15) is 4.31 Å². The molecule has 1 N–H and O–H groups in total.